The first-order valence-corrected chi connectivity index (χ1v) is 15.2. The van der Waals surface area contributed by atoms with Gasteiger partial charge in [0.1, 0.15) is 21.3 Å². The van der Waals surface area contributed by atoms with Crippen LogP contribution in [0.25, 0.3) is 11.7 Å². The number of pyridine rings is 1. The van der Waals surface area contributed by atoms with Crippen molar-refractivity contribution in [2.45, 2.75) is 78.1 Å². The molecular weight excluding hydrogens is 526 g/mol. The number of thiocarbonyl (C=S) groups is 1. The van der Waals surface area contributed by atoms with Gasteiger partial charge in [0, 0.05) is 12.7 Å². The van der Waals surface area contributed by atoms with Crippen LogP contribution >= 0.6 is 24.0 Å². The summed E-state index contributed by atoms with van der Waals surface area (Å²) >= 11 is 6.77. The van der Waals surface area contributed by atoms with E-state index in [1.165, 1.54) is 67.5 Å². The van der Waals surface area contributed by atoms with Crippen molar-refractivity contribution in [3.05, 3.63) is 75.0 Å². The Morgan fingerprint density at radius 3 is 2.38 bits per heavy atom. The molecule has 1 aliphatic rings. The summed E-state index contributed by atoms with van der Waals surface area (Å²) in [5.41, 5.74) is 1.41. The number of rotatable bonds is 14. The highest BCUT2D eigenvalue weighted by molar-refractivity contribution is 8.26. The van der Waals surface area contributed by atoms with E-state index in [1.54, 1.807) is 29.3 Å². The number of nitrogens with zero attached hydrogens (tertiary/aromatic N) is 3. The van der Waals surface area contributed by atoms with Crippen molar-refractivity contribution >= 4 is 45.9 Å². The van der Waals surface area contributed by atoms with E-state index in [0.29, 0.717) is 27.2 Å². The molecule has 1 fully saturated rings. The van der Waals surface area contributed by atoms with E-state index in [0.717, 1.165) is 18.4 Å². The molecule has 0 aliphatic carbocycles. The summed E-state index contributed by atoms with van der Waals surface area (Å²) in [6, 6.07) is 12.9. The molecule has 1 amide bonds. The van der Waals surface area contributed by atoms with Crippen molar-refractivity contribution in [2.24, 2.45) is 0 Å². The number of hydrogen-bond donors (Lipinski definition) is 0. The number of benzene rings is 1. The standard InChI is InChI=1S/C31H37N3O3S2/c1-3-4-5-6-7-8-9-10-11-13-20-34-30(36)26(39-31(34)38)22-25-28(37-24-17-15-16-23(2)21-24)32-27-18-12-14-19-33(27)29(25)35/h12,14-19,21-22H,3-11,13,20H2,1-2H3/b26-22+. The molecule has 3 heterocycles. The summed E-state index contributed by atoms with van der Waals surface area (Å²) in [7, 11) is 0. The normalized spacial score (nSPS) is 14.6. The van der Waals surface area contributed by atoms with Crippen LogP contribution in [0.15, 0.2) is 58.4 Å². The lowest BCUT2D eigenvalue weighted by molar-refractivity contribution is -0.122. The Labute approximate surface area is 240 Å². The number of aromatic nitrogens is 2. The number of unbranched alkanes of at least 4 members (excludes halogenated alkanes) is 9. The third-order valence-corrected chi connectivity index (χ3v) is 8.20. The number of aryl methyl sites for hydroxylation is 1. The van der Waals surface area contributed by atoms with Gasteiger partial charge < -0.3 is 4.74 Å². The number of fused-ring (bicyclic) bond motifs is 1. The molecule has 1 aromatic carbocycles. The monoisotopic (exact) mass is 563 g/mol. The summed E-state index contributed by atoms with van der Waals surface area (Å²) in [4.78, 5) is 33.4. The molecule has 6 nitrogen and oxygen atoms in total. The predicted molar refractivity (Wildman–Crippen MR) is 164 cm³/mol. The molecular formula is C31H37N3O3S2. The molecule has 0 unspecified atom stereocenters. The van der Waals surface area contributed by atoms with Gasteiger partial charge in [0.15, 0.2) is 0 Å². The Bertz CT molecular complexity index is 1400. The van der Waals surface area contributed by atoms with Crippen LogP contribution in [0.3, 0.4) is 0 Å². The molecule has 0 bridgehead atoms. The number of hydrogen-bond acceptors (Lipinski definition) is 6. The van der Waals surface area contributed by atoms with Gasteiger partial charge in [0.2, 0.25) is 5.88 Å². The van der Waals surface area contributed by atoms with E-state index >= 15 is 0 Å². The molecule has 4 rings (SSSR count). The summed E-state index contributed by atoms with van der Waals surface area (Å²) < 4.78 is 8.06. The van der Waals surface area contributed by atoms with Crippen molar-refractivity contribution in [2.75, 3.05) is 6.54 Å². The van der Waals surface area contributed by atoms with Gasteiger partial charge in [0.25, 0.3) is 11.5 Å². The molecule has 0 saturated carbocycles. The zero-order valence-corrected chi connectivity index (χ0v) is 24.5. The molecule has 1 aliphatic heterocycles. The van der Waals surface area contributed by atoms with Crippen LogP contribution in [0.1, 0.15) is 82.3 Å². The molecule has 0 atom stereocenters. The largest absolute Gasteiger partial charge is 0.438 e. The molecule has 2 aromatic heterocycles. The maximum Gasteiger partial charge on any atom is 0.269 e. The first-order valence-electron chi connectivity index (χ1n) is 14.0. The minimum Gasteiger partial charge on any atom is -0.438 e. The van der Waals surface area contributed by atoms with E-state index in [-0.39, 0.29) is 22.9 Å². The highest BCUT2D eigenvalue weighted by Gasteiger charge is 2.32. The van der Waals surface area contributed by atoms with Gasteiger partial charge >= 0.3 is 0 Å². The SMILES string of the molecule is CCCCCCCCCCCCN1C(=O)/C(=C\c2c(Oc3cccc(C)c3)nc3ccccn3c2=O)SC1=S. The predicted octanol–water partition coefficient (Wildman–Crippen LogP) is 7.92. The number of amides is 1. The van der Waals surface area contributed by atoms with Gasteiger partial charge in [-0.25, -0.2) is 0 Å². The first-order chi connectivity index (χ1) is 19.0. The van der Waals surface area contributed by atoms with Crippen LogP contribution in [0.5, 0.6) is 11.6 Å². The van der Waals surface area contributed by atoms with Crippen molar-refractivity contribution in [1.29, 1.82) is 0 Å². The van der Waals surface area contributed by atoms with Crippen molar-refractivity contribution in [3.63, 3.8) is 0 Å². The smallest absolute Gasteiger partial charge is 0.269 e. The summed E-state index contributed by atoms with van der Waals surface area (Å²) in [6.45, 7) is 4.81. The molecule has 8 heteroatoms. The van der Waals surface area contributed by atoms with Gasteiger partial charge in [-0.2, -0.15) is 4.98 Å². The minimum atomic E-state index is -0.303. The van der Waals surface area contributed by atoms with Crippen LogP contribution < -0.4 is 10.3 Å². The van der Waals surface area contributed by atoms with E-state index in [9.17, 15) is 9.59 Å². The Balaban J connectivity index is 1.44. The number of ether oxygens (including phenoxy) is 1. The lowest BCUT2D eigenvalue weighted by atomic mass is 10.1. The lowest BCUT2D eigenvalue weighted by Gasteiger charge is -2.14. The van der Waals surface area contributed by atoms with E-state index < -0.39 is 0 Å². The number of carbonyl (C=O) groups excluding carboxylic acids is 1. The second kappa shape index (κ2) is 14.4. The fourth-order valence-corrected chi connectivity index (χ4v) is 5.95. The minimum absolute atomic E-state index is 0.164. The Morgan fingerprint density at radius 2 is 1.67 bits per heavy atom. The van der Waals surface area contributed by atoms with Crippen molar-refractivity contribution in [3.8, 4) is 11.6 Å². The Morgan fingerprint density at radius 1 is 0.949 bits per heavy atom. The zero-order valence-electron chi connectivity index (χ0n) is 22.9. The highest BCUT2D eigenvalue weighted by Crippen LogP contribution is 2.34. The number of thioether (sulfide) groups is 1. The van der Waals surface area contributed by atoms with Crippen LogP contribution in [0.2, 0.25) is 0 Å². The first kappa shape index (κ1) is 29.0. The average molecular weight is 564 g/mol. The van der Waals surface area contributed by atoms with Crippen molar-refractivity contribution < 1.29 is 9.53 Å². The van der Waals surface area contributed by atoms with Crippen LogP contribution in [0.4, 0.5) is 0 Å². The van der Waals surface area contributed by atoms with Gasteiger partial charge in [-0.15, -0.1) is 0 Å². The summed E-state index contributed by atoms with van der Waals surface area (Å²) in [6.07, 6.45) is 15.6. The zero-order chi connectivity index (χ0) is 27.6. The fraction of sp³-hybridized carbons (Fsp3) is 0.419. The molecule has 206 valence electrons. The third kappa shape index (κ3) is 7.79. The Hall–Kier alpha value is -2.97. The summed E-state index contributed by atoms with van der Waals surface area (Å²) in [5, 5.41) is 0. The topological polar surface area (TPSA) is 63.9 Å². The second-order valence-corrected chi connectivity index (χ2v) is 11.7. The Kier molecular flexibility index (Phi) is 10.7. The van der Waals surface area contributed by atoms with Crippen LogP contribution in [-0.4, -0.2) is 31.1 Å². The number of carbonyl (C=O) groups is 1. The van der Waals surface area contributed by atoms with E-state index in [1.807, 2.05) is 37.3 Å². The van der Waals surface area contributed by atoms with Gasteiger partial charge in [0.05, 0.1) is 4.91 Å². The molecule has 39 heavy (non-hydrogen) atoms. The quantitative estimate of drug-likeness (QED) is 0.113. The molecule has 0 spiro atoms. The fourth-order valence-electron chi connectivity index (χ4n) is 4.66. The average Bonchev–Trinajstić information content (AvgIpc) is 3.19. The van der Waals surface area contributed by atoms with Gasteiger partial charge in [-0.1, -0.05) is 107 Å². The van der Waals surface area contributed by atoms with Crippen LogP contribution in [0, 0.1) is 6.92 Å². The maximum absolute atomic E-state index is 13.5. The van der Waals surface area contributed by atoms with Gasteiger partial charge in [-0.05, 0) is 49.2 Å². The third-order valence-electron chi connectivity index (χ3n) is 6.82. The molecule has 3 aromatic rings. The second-order valence-electron chi connectivity index (χ2n) is 10.00. The summed E-state index contributed by atoms with van der Waals surface area (Å²) in [5.74, 6) is 0.571. The highest BCUT2D eigenvalue weighted by atomic mass is 32.2. The molecule has 1 saturated heterocycles. The van der Waals surface area contributed by atoms with E-state index in [4.69, 9.17) is 17.0 Å². The molecule has 0 N–H and O–H groups in total. The van der Waals surface area contributed by atoms with Crippen molar-refractivity contribution in [1.82, 2.24) is 14.3 Å². The van der Waals surface area contributed by atoms with Crippen LogP contribution in [-0.2, 0) is 4.79 Å². The lowest BCUT2D eigenvalue weighted by Crippen LogP contribution is -2.29. The van der Waals surface area contributed by atoms with E-state index in [2.05, 4.69) is 11.9 Å². The van der Waals surface area contributed by atoms with Gasteiger partial charge in [-0.3, -0.25) is 18.9 Å². The molecule has 0 radical (unpaired) electrons. The maximum atomic E-state index is 13.5.